The maximum atomic E-state index is 11.8. The molecular weight excluding hydrogens is 480 g/mol. The third kappa shape index (κ3) is 8.18. The first-order chi connectivity index (χ1) is 18.8. The van der Waals surface area contributed by atoms with Gasteiger partial charge in [-0.1, -0.05) is 97.1 Å². The van der Waals surface area contributed by atoms with Gasteiger partial charge in [0.2, 0.25) is 0 Å². The molecule has 3 aromatic rings. The van der Waals surface area contributed by atoms with Crippen molar-refractivity contribution < 1.29 is 28.5 Å². The number of carbonyl (C=O) groups excluding carboxylic acids is 1. The average Bonchev–Trinajstić information content (AvgIpc) is 2.97. The van der Waals surface area contributed by atoms with Crippen molar-refractivity contribution in [1.82, 2.24) is 0 Å². The van der Waals surface area contributed by atoms with Crippen LogP contribution in [0.3, 0.4) is 0 Å². The normalized spacial score (nSPS) is 23.1. The van der Waals surface area contributed by atoms with E-state index in [0.29, 0.717) is 26.4 Å². The zero-order valence-electron chi connectivity index (χ0n) is 21.6. The van der Waals surface area contributed by atoms with E-state index in [0.717, 1.165) is 23.0 Å². The summed E-state index contributed by atoms with van der Waals surface area (Å²) in [6, 6.07) is 29.9. The van der Waals surface area contributed by atoms with E-state index in [-0.39, 0.29) is 18.9 Å². The lowest BCUT2D eigenvalue weighted by molar-refractivity contribution is -0.302. The fraction of sp³-hybridized carbons (Fsp3) is 0.344. The number of ether oxygens (including phenoxy) is 5. The van der Waals surface area contributed by atoms with Gasteiger partial charge in [0, 0.05) is 12.3 Å². The molecule has 0 radical (unpaired) electrons. The topological polar surface area (TPSA) is 63.2 Å². The van der Waals surface area contributed by atoms with Gasteiger partial charge < -0.3 is 28.5 Å². The summed E-state index contributed by atoms with van der Waals surface area (Å²) in [6.45, 7) is 5.52. The summed E-state index contributed by atoms with van der Waals surface area (Å²) in [7, 11) is 0. The van der Waals surface area contributed by atoms with E-state index in [4.69, 9.17) is 23.7 Å². The monoisotopic (exact) mass is 516 g/mol. The highest BCUT2D eigenvalue weighted by Crippen LogP contribution is 2.34. The first-order valence-corrected chi connectivity index (χ1v) is 13.0. The van der Waals surface area contributed by atoms with Crippen LogP contribution in [-0.4, -0.2) is 44.1 Å². The third-order valence-electron chi connectivity index (χ3n) is 6.48. The highest BCUT2D eigenvalue weighted by molar-refractivity contribution is 5.50. The minimum absolute atomic E-state index is 0.212. The van der Waals surface area contributed by atoms with Gasteiger partial charge in [0.1, 0.15) is 18.5 Å². The van der Waals surface area contributed by atoms with Crippen molar-refractivity contribution in [3.8, 4) is 0 Å². The molecule has 0 saturated carbocycles. The molecule has 3 aromatic carbocycles. The lowest BCUT2D eigenvalue weighted by Gasteiger charge is -2.45. The molecule has 6 nitrogen and oxygen atoms in total. The largest absolute Gasteiger partial charge is 0.374 e. The van der Waals surface area contributed by atoms with Crippen LogP contribution in [-0.2, 0) is 48.3 Å². The molecule has 1 heterocycles. The Morgan fingerprint density at radius 3 is 1.76 bits per heavy atom. The molecule has 200 valence electrons. The number of hydrogen-bond acceptors (Lipinski definition) is 6. The summed E-state index contributed by atoms with van der Waals surface area (Å²) in [5.74, 6) is -0.359. The van der Waals surface area contributed by atoms with Crippen LogP contribution < -0.4 is 0 Å². The second kappa shape index (κ2) is 15.3. The zero-order chi connectivity index (χ0) is 26.4. The van der Waals surface area contributed by atoms with Crippen LogP contribution in [0.1, 0.15) is 23.1 Å². The van der Waals surface area contributed by atoms with Crippen molar-refractivity contribution in [3.63, 3.8) is 0 Å². The van der Waals surface area contributed by atoms with Crippen LogP contribution in [0.15, 0.2) is 104 Å². The van der Waals surface area contributed by atoms with Gasteiger partial charge in [0.15, 0.2) is 6.29 Å². The number of rotatable bonds is 15. The zero-order valence-corrected chi connectivity index (χ0v) is 21.6. The van der Waals surface area contributed by atoms with Gasteiger partial charge in [-0.25, -0.2) is 0 Å². The van der Waals surface area contributed by atoms with Crippen molar-refractivity contribution in [2.45, 2.75) is 50.8 Å². The summed E-state index contributed by atoms with van der Waals surface area (Å²) in [5.41, 5.74) is 3.14. The number of aldehydes is 1. The van der Waals surface area contributed by atoms with E-state index in [2.05, 4.69) is 6.58 Å². The average molecular weight is 517 g/mol. The quantitative estimate of drug-likeness (QED) is 0.196. The van der Waals surface area contributed by atoms with E-state index >= 15 is 0 Å². The Morgan fingerprint density at radius 2 is 1.24 bits per heavy atom. The SMILES string of the molecule is C=CCO[C@@H]1O[C@H](COCc2ccccc2)[C@@H](OCc2ccccc2)[C@H](OCc2ccccc2)[C@H]1CC=O. The molecule has 0 aliphatic carbocycles. The smallest absolute Gasteiger partial charge is 0.164 e. The van der Waals surface area contributed by atoms with E-state index in [1.165, 1.54) is 0 Å². The molecule has 1 fully saturated rings. The van der Waals surface area contributed by atoms with Crippen molar-refractivity contribution in [3.05, 3.63) is 120 Å². The van der Waals surface area contributed by atoms with Crippen molar-refractivity contribution in [2.24, 2.45) is 5.92 Å². The van der Waals surface area contributed by atoms with Gasteiger partial charge in [-0.05, 0) is 16.7 Å². The molecule has 1 aliphatic rings. The van der Waals surface area contributed by atoms with Gasteiger partial charge in [0.25, 0.3) is 0 Å². The van der Waals surface area contributed by atoms with E-state index < -0.39 is 24.6 Å². The molecular formula is C32H36O6. The third-order valence-corrected chi connectivity index (χ3v) is 6.48. The van der Waals surface area contributed by atoms with Crippen LogP contribution in [0, 0.1) is 5.92 Å². The summed E-state index contributed by atoms with van der Waals surface area (Å²) in [5, 5.41) is 0. The minimum atomic E-state index is -0.666. The Kier molecular flexibility index (Phi) is 11.2. The lowest BCUT2D eigenvalue weighted by atomic mass is 9.88. The standard InChI is InChI=1S/C32H36O6/c1-2-20-35-32-28(18-19-33)30(36-22-26-14-8-4-9-15-26)31(37-23-27-16-10-5-11-17-27)29(38-32)24-34-21-25-12-6-3-7-13-25/h2-17,19,28-32H,1,18,20-24H2/t28-,29-,30-,31-,32-/m1/s1. The predicted molar refractivity (Wildman–Crippen MR) is 145 cm³/mol. The molecule has 0 amide bonds. The van der Waals surface area contributed by atoms with Crippen LogP contribution in [0.25, 0.3) is 0 Å². The van der Waals surface area contributed by atoms with E-state index in [1.807, 2.05) is 91.0 Å². The summed E-state index contributed by atoms with van der Waals surface area (Å²) < 4.78 is 31.5. The molecule has 0 bridgehead atoms. The maximum absolute atomic E-state index is 11.8. The first-order valence-electron chi connectivity index (χ1n) is 13.0. The van der Waals surface area contributed by atoms with Gasteiger partial charge in [-0.15, -0.1) is 6.58 Å². The number of carbonyl (C=O) groups is 1. The van der Waals surface area contributed by atoms with Crippen LogP contribution in [0.4, 0.5) is 0 Å². The molecule has 1 saturated heterocycles. The van der Waals surface area contributed by atoms with Crippen LogP contribution in [0.5, 0.6) is 0 Å². The second-order valence-corrected chi connectivity index (χ2v) is 9.25. The summed E-state index contributed by atoms with van der Waals surface area (Å²) in [4.78, 5) is 11.8. The molecule has 0 spiro atoms. The highest BCUT2D eigenvalue weighted by atomic mass is 16.7. The fourth-order valence-electron chi connectivity index (χ4n) is 4.60. The molecule has 0 unspecified atom stereocenters. The van der Waals surface area contributed by atoms with Crippen molar-refractivity contribution >= 4 is 6.29 Å². The number of benzene rings is 3. The molecule has 6 heteroatoms. The van der Waals surface area contributed by atoms with Crippen LogP contribution in [0.2, 0.25) is 0 Å². The minimum Gasteiger partial charge on any atom is -0.374 e. The molecule has 1 aliphatic heterocycles. The Balaban J connectivity index is 1.57. The van der Waals surface area contributed by atoms with E-state index in [1.54, 1.807) is 6.08 Å². The van der Waals surface area contributed by atoms with Crippen molar-refractivity contribution in [1.29, 1.82) is 0 Å². The van der Waals surface area contributed by atoms with Gasteiger partial charge in [0.05, 0.1) is 39.1 Å². The molecule has 0 aromatic heterocycles. The summed E-state index contributed by atoms with van der Waals surface area (Å²) in [6.07, 6.45) is 0.685. The highest BCUT2D eigenvalue weighted by Gasteiger charge is 2.47. The first kappa shape index (κ1) is 27.9. The predicted octanol–water partition coefficient (Wildman–Crippen LogP) is 5.51. The maximum Gasteiger partial charge on any atom is 0.164 e. The molecule has 5 atom stereocenters. The van der Waals surface area contributed by atoms with Gasteiger partial charge in [-0.2, -0.15) is 0 Å². The fourth-order valence-corrected chi connectivity index (χ4v) is 4.60. The molecule has 4 rings (SSSR count). The number of hydrogen-bond donors (Lipinski definition) is 0. The Hall–Kier alpha value is -3.13. The second-order valence-electron chi connectivity index (χ2n) is 9.25. The Bertz CT molecular complexity index is 1070. The van der Waals surface area contributed by atoms with Gasteiger partial charge >= 0.3 is 0 Å². The van der Waals surface area contributed by atoms with E-state index in [9.17, 15) is 4.79 Å². The summed E-state index contributed by atoms with van der Waals surface area (Å²) >= 11 is 0. The van der Waals surface area contributed by atoms with Gasteiger partial charge in [-0.3, -0.25) is 0 Å². The lowest BCUT2D eigenvalue weighted by Crippen LogP contribution is -2.58. The van der Waals surface area contributed by atoms with Crippen molar-refractivity contribution in [2.75, 3.05) is 13.2 Å². The Labute approximate surface area is 225 Å². The molecule has 0 N–H and O–H groups in total. The molecule has 38 heavy (non-hydrogen) atoms. The van der Waals surface area contributed by atoms with Crippen LogP contribution >= 0.6 is 0 Å². The Morgan fingerprint density at radius 1 is 0.711 bits per heavy atom.